The lowest BCUT2D eigenvalue weighted by Gasteiger charge is -2.33. The Morgan fingerprint density at radius 2 is 1.45 bits per heavy atom. The number of nitrogens with zero attached hydrogens (tertiary/aromatic N) is 2. The Morgan fingerprint density at radius 1 is 0.774 bits per heavy atom. The number of aliphatic hydroxyl groups excluding tert-OH is 1. The Balaban J connectivity index is 0.00000289. The standard InChI is InChI=1S/C26H26N4O.H2/c1-27-21-14-6-5-13-20(21)25(30-23-16-8-10-18-29-23)24(22-15-7-9-17-28-22)26(31)19-11-3-2-4-12-19;/h2-18,24-27,31H,1H3,(H,29,30);1H. The predicted octanol–water partition coefficient (Wildman–Crippen LogP) is 5.43. The van der Waals surface area contributed by atoms with Crippen LogP contribution < -0.4 is 10.6 Å². The summed E-state index contributed by atoms with van der Waals surface area (Å²) in [6, 6.07) is 29.1. The van der Waals surface area contributed by atoms with E-state index in [4.69, 9.17) is 0 Å². The monoisotopic (exact) mass is 412 g/mol. The number of anilines is 2. The van der Waals surface area contributed by atoms with Gasteiger partial charge in [0, 0.05) is 32.2 Å². The van der Waals surface area contributed by atoms with Crippen molar-refractivity contribution < 1.29 is 6.53 Å². The lowest BCUT2D eigenvalue weighted by atomic mass is 9.82. The zero-order valence-electron chi connectivity index (χ0n) is 17.4. The second kappa shape index (κ2) is 9.87. The molecule has 4 aromatic rings. The van der Waals surface area contributed by atoms with Gasteiger partial charge >= 0.3 is 0 Å². The molecule has 31 heavy (non-hydrogen) atoms. The molecule has 0 saturated carbocycles. The number of rotatable bonds is 8. The van der Waals surface area contributed by atoms with Crippen molar-refractivity contribution in [2.24, 2.45) is 0 Å². The van der Waals surface area contributed by atoms with Crippen molar-refractivity contribution in [2.75, 3.05) is 17.7 Å². The number of aromatic nitrogens is 2. The van der Waals surface area contributed by atoms with Crippen LogP contribution in [0.1, 0.15) is 36.3 Å². The lowest BCUT2D eigenvalue weighted by Crippen LogP contribution is -2.27. The smallest absolute Gasteiger partial charge is 0.126 e. The highest BCUT2D eigenvalue weighted by molar-refractivity contribution is 5.56. The van der Waals surface area contributed by atoms with Gasteiger partial charge in [0.25, 0.3) is 0 Å². The first-order valence-electron chi connectivity index (χ1n) is 10.4. The Morgan fingerprint density at radius 3 is 2.13 bits per heavy atom. The molecule has 3 atom stereocenters. The summed E-state index contributed by atoms with van der Waals surface area (Å²) in [7, 11) is 1.90. The van der Waals surface area contributed by atoms with Gasteiger partial charge in [-0.15, -0.1) is 0 Å². The van der Waals surface area contributed by atoms with E-state index in [1.807, 2.05) is 92.0 Å². The quantitative estimate of drug-likeness (QED) is 0.360. The Hall–Kier alpha value is -3.70. The molecule has 0 amide bonds. The first-order chi connectivity index (χ1) is 15.3. The third kappa shape index (κ3) is 4.73. The fourth-order valence-electron chi connectivity index (χ4n) is 3.91. The van der Waals surface area contributed by atoms with Gasteiger partial charge in [-0.05, 0) is 41.5 Å². The second-order valence-electron chi connectivity index (χ2n) is 7.31. The molecule has 5 heteroatoms. The van der Waals surface area contributed by atoms with E-state index < -0.39 is 6.10 Å². The van der Waals surface area contributed by atoms with E-state index in [0.717, 1.165) is 28.3 Å². The number of nitrogens with one attached hydrogen (secondary N) is 2. The van der Waals surface area contributed by atoms with E-state index in [0.29, 0.717) is 0 Å². The molecule has 0 aliphatic carbocycles. The van der Waals surface area contributed by atoms with E-state index in [2.05, 4.69) is 26.7 Å². The molecule has 3 N–H and O–H groups in total. The summed E-state index contributed by atoms with van der Waals surface area (Å²) in [6.07, 6.45) is 2.75. The molecular formula is C26H28N4O. The average molecular weight is 413 g/mol. The van der Waals surface area contributed by atoms with Gasteiger partial charge in [0.15, 0.2) is 0 Å². The van der Waals surface area contributed by atoms with Crippen LogP contribution in [0, 0.1) is 0 Å². The van der Waals surface area contributed by atoms with Crippen LogP contribution in [0.25, 0.3) is 0 Å². The molecule has 2 aromatic heterocycles. The first-order valence-corrected chi connectivity index (χ1v) is 10.4. The SMILES string of the molecule is CNc1ccccc1C(Nc1ccccn1)C(c1ccccn1)C(O)c1ccccc1.[HH]. The Bertz CT molecular complexity index is 1080. The van der Waals surface area contributed by atoms with Crippen LogP contribution in [-0.2, 0) is 0 Å². The maximum absolute atomic E-state index is 11.6. The molecule has 5 nitrogen and oxygen atoms in total. The van der Waals surface area contributed by atoms with Crippen LogP contribution in [-0.4, -0.2) is 22.1 Å². The fraction of sp³-hybridized carbons (Fsp3) is 0.154. The van der Waals surface area contributed by atoms with Crippen LogP contribution >= 0.6 is 0 Å². The summed E-state index contributed by atoms with van der Waals surface area (Å²) in [4.78, 5) is 9.10. The highest BCUT2D eigenvalue weighted by Gasteiger charge is 2.34. The molecular weight excluding hydrogens is 384 g/mol. The molecule has 0 saturated heterocycles. The summed E-state index contributed by atoms with van der Waals surface area (Å²) in [5.41, 5.74) is 3.66. The number of benzene rings is 2. The minimum Gasteiger partial charge on any atom is -0.388 e. The van der Waals surface area contributed by atoms with E-state index in [1.54, 1.807) is 12.4 Å². The van der Waals surface area contributed by atoms with E-state index >= 15 is 0 Å². The molecule has 0 radical (unpaired) electrons. The number of para-hydroxylation sites is 1. The van der Waals surface area contributed by atoms with Crippen molar-refractivity contribution in [3.63, 3.8) is 0 Å². The topological polar surface area (TPSA) is 70.1 Å². The van der Waals surface area contributed by atoms with E-state index in [-0.39, 0.29) is 13.4 Å². The van der Waals surface area contributed by atoms with Crippen molar-refractivity contribution in [1.82, 2.24) is 9.97 Å². The third-order valence-corrected chi connectivity index (χ3v) is 5.40. The van der Waals surface area contributed by atoms with Crippen LogP contribution in [0.2, 0.25) is 0 Å². The summed E-state index contributed by atoms with van der Waals surface area (Å²) >= 11 is 0. The lowest BCUT2D eigenvalue weighted by molar-refractivity contribution is 0.133. The molecule has 4 rings (SSSR count). The van der Waals surface area contributed by atoms with Gasteiger partial charge in [-0.2, -0.15) is 0 Å². The third-order valence-electron chi connectivity index (χ3n) is 5.40. The molecule has 2 aromatic carbocycles. The number of pyridine rings is 2. The van der Waals surface area contributed by atoms with Gasteiger partial charge in [0.1, 0.15) is 5.82 Å². The van der Waals surface area contributed by atoms with Crippen LogP contribution in [0.4, 0.5) is 11.5 Å². The molecule has 0 bridgehead atoms. The summed E-state index contributed by atoms with van der Waals surface area (Å²) in [6.45, 7) is 0. The number of hydrogen-bond donors (Lipinski definition) is 3. The highest BCUT2D eigenvalue weighted by atomic mass is 16.3. The highest BCUT2D eigenvalue weighted by Crippen LogP contribution is 2.43. The average Bonchev–Trinajstić information content (AvgIpc) is 2.85. The zero-order chi connectivity index (χ0) is 21.5. The maximum Gasteiger partial charge on any atom is 0.126 e. The Kier molecular flexibility index (Phi) is 6.55. The summed E-state index contributed by atoms with van der Waals surface area (Å²) in [5, 5.41) is 18.4. The molecule has 3 unspecified atom stereocenters. The van der Waals surface area contributed by atoms with Gasteiger partial charge in [0.2, 0.25) is 0 Å². The van der Waals surface area contributed by atoms with Gasteiger partial charge in [-0.25, -0.2) is 4.98 Å². The summed E-state index contributed by atoms with van der Waals surface area (Å²) < 4.78 is 0. The van der Waals surface area contributed by atoms with Crippen molar-refractivity contribution in [3.05, 3.63) is 120 Å². The van der Waals surface area contributed by atoms with Crippen LogP contribution in [0.5, 0.6) is 0 Å². The molecule has 2 heterocycles. The minimum absolute atomic E-state index is 0. The minimum atomic E-state index is -0.776. The van der Waals surface area contributed by atoms with Crippen molar-refractivity contribution in [3.8, 4) is 0 Å². The van der Waals surface area contributed by atoms with E-state index in [1.165, 1.54) is 0 Å². The molecule has 0 spiro atoms. The number of aliphatic hydroxyl groups is 1. The van der Waals surface area contributed by atoms with Gasteiger partial charge in [-0.3, -0.25) is 4.98 Å². The van der Waals surface area contributed by atoms with E-state index in [9.17, 15) is 5.11 Å². The second-order valence-corrected chi connectivity index (χ2v) is 7.31. The van der Waals surface area contributed by atoms with Crippen molar-refractivity contribution in [1.29, 1.82) is 0 Å². The summed E-state index contributed by atoms with van der Waals surface area (Å²) in [5.74, 6) is 0.375. The normalized spacial score (nSPS) is 13.7. The molecule has 0 fully saturated rings. The molecule has 0 aliphatic rings. The molecule has 158 valence electrons. The van der Waals surface area contributed by atoms with Crippen molar-refractivity contribution >= 4 is 11.5 Å². The van der Waals surface area contributed by atoms with Crippen LogP contribution in [0.3, 0.4) is 0 Å². The predicted molar refractivity (Wildman–Crippen MR) is 127 cm³/mol. The van der Waals surface area contributed by atoms with Gasteiger partial charge < -0.3 is 15.7 Å². The number of hydrogen-bond acceptors (Lipinski definition) is 5. The van der Waals surface area contributed by atoms with Gasteiger partial charge in [0.05, 0.1) is 18.1 Å². The van der Waals surface area contributed by atoms with Crippen LogP contribution in [0.15, 0.2) is 103 Å². The Labute approximate surface area is 184 Å². The van der Waals surface area contributed by atoms with Gasteiger partial charge in [-0.1, -0.05) is 60.7 Å². The zero-order valence-corrected chi connectivity index (χ0v) is 17.4. The first kappa shape index (κ1) is 20.6. The molecule has 0 aliphatic heterocycles. The fourth-order valence-corrected chi connectivity index (χ4v) is 3.91. The largest absolute Gasteiger partial charge is 0.388 e. The maximum atomic E-state index is 11.6. The van der Waals surface area contributed by atoms with Crippen molar-refractivity contribution in [2.45, 2.75) is 18.1 Å².